The van der Waals surface area contributed by atoms with E-state index in [1.54, 1.807) is 6.07 Å². The Kier molecular flexibility index (Phi) is 5.53. The van der Waals surface area contributed by atoms with Crippen LogP contribution in [-0.2, 0) is 11.2 Å². The van der Waals surface area contributed by atoms with Gasteiger partial charge in [-0.15, -0.1) is 10.2 Å². The van der Waals surface area contributed by atoms with Crippen molar-refractivity contribution in [3.8, 4) is 0 Å². The molecule has 0 bridgehead atoms. The molecule has 0 aliphatic rings. The zero-order valence-electron chi connectivity index (χ0n) is 12.9. The third-order valence-electron chi connectivity index (χ3n) is 3.30. The number of anilines is 1. The maximum atomic E-state index is 13.7. The molecule has 2 aromatic carbocycles. The average molecular weight is 374 g/mol. The normalized spacial score (nSPS) is 11.0. The molecule has 1 N–H and O–H groups in total. The number of nitrogens with one attached hydrogen (secondary N) is 1. The lowest BCUT2D eigenvalue weighted by molar-refractivity contribution is -0.111. The fourth-order valence-electron chi connectivity index (χ4n) is 2.12. The Morgan fingerprint density at radius 3 is 2.72 bits per heavy atom. The molecule has 3 aromatic rings. The molecule has 3 rings (SSSR count). The molecule has 7 heteroatoms. The number of benzene rings is 2. The van der Waals surface area contributed by atoms with Gasteiger partial charge in [-0.3, -0.25) is 10.1 Å². The Hall–Kier alpha value is -2.57. The van der Waals surface area contributed by atoms with E-state index < -0.39 is 11.7 Å². The van der Waals surface area contributed by atoms with Crippen LogP contribution in [0, 0.1) is 5.82 Å². The van der Waals surface area contributed by atoms with Gasteiger partial charge in [-0.2, -0.15) is 0 Å². The van der Waals surface area contributed by atoms with Crippen molar-refractivity contribution in [3.05, 3.63) is 81.6 Å². The molecule has 0 aliphatic carbocycles. The highest BCUT2D eigenvalue weighted by Gasteiger charge is 2.08. The van der Waals surface area contributed by atoms with Gasteiger partial charge in [0.25, 0.3) is 0 Å². The first kappa shape index (κ1) is 17.3. The van der Waals surface area contributed by atoms with Gasteiger partial charge in [-0.05, 0) is 23.8 Å². The van der Waals surface area contributed by atoms with Crippen LogP contribution in [0.5, 0.6) is 0 Å². The lowest BCUT2D eigenvalue weighted by atomic mass is 10.2. The molecular formula is C18H13ClFN3OS. The van der Waals surface area contributed by atoms with Crippen molar-refractivity contribution in [1.82, 2.24) is 10.2 Å². The molecule has 0 saturated heterocycles. The maximum absolute atomic E-state index is 13.7. The minimum Gasteiger partial charge on any atom is -0.297 e. The molecule has 0 aliphatic heterocycles. The summed E-state index contributed by atoms with van der Waals surface area (Å²) in [4.78, 5) is 12.0. The molecule has 1 aromatic heterocycles. The maximum Gasteiger partial charge on any atom is 0.250 e. The molecule has 0 atom stereocenters. The fourth-order valence-corrected chi connectivity index (χ4v) is 3.12. The number of carbonyl (C=O) groups excluding carboxylic acids is 1. The topological polar surface area (TPSA) is 54.9 Å². The first-order valence-corrected chi connectivity index (χ1v) is 8.60. The zero-order chi connectivity index (χ0) is 17.6. The van der Waals surface area contributed by atoms with Gasteiger partial charge in [-0.1, -0.05) is 59.3 Å². The monoisotopic (exact) mass is 373 g/mol. The molecule has 126 valence electrons. The largest absolute Gasteiger partial charge is 0.297 e. The lowest BCUT2D eigenvalue weighted by Crippen LogP contribution is -2.07. The molecule has 1 heterocycles. The van der Waals surface area contributed by atoms with Crippen molar-refractivity contribution in [3.63, 3.8) is 0 Å². The summed E-state index contributed by atoms with van der Waals surface area (Å²) >= 11 is 7.21. The predicted molar refractivity (Wildman–Crippen MR) is 98.2 cm³/mol. The fraction of sp³-hybridized carbons (Fsp3) is 0.0556. The molecule has 0 radical (unpaired) electrons. The van der Waals surface area contributed by atoms with Gasteiger partial charge in [-0.25, -0.2) is 4.39 Å². The first-order valence-electron chi connectivity index (χ1n) is 7.41. The second-order valence-electron chi connectivity index (χ2n) is 5.12. The Bertz CT molecular complexity index is 891. The molecule has 1 amide bonds. The van der Waals surface area contributed by atoms with Crippen LogP contribution >= 0.6 is 22.9 Å². The van der Waals surface area contributed by atoms with Crippen molar-refractivity contribution in [2.24, 2.45) is 0 Å². The number of rotatable bonds is 5. The standard InChI is InChI=1S/C18H13ClFN3OS/c19-14-7-4-8-15(20)13(14)9-10-16(24)21-18-23-22-17(25-18)11-12-5-2-1-3-6-12/h1-10H,11H2,(H,21,23,24)/b10-9+. The molecule has 0 spiro atoms. The van der Waals surface area contributed by atoms with E-state index in [9.17, 15) is 9.18 Å². The minimum absolute atomic E-state index is 0.168. The Labute approximate surface area is 153 Å². The highest BCUT2D eigenvalue weighted by molar-refractivity contribution is 7.15. The van der Waals surface area contributed by atoms with Crippen molar-refractivity contribution in [2.75, 3.05) is 5.32 Å². The smallest absolute Gasteiger partial charge is 0.250 e. The van der Waals surface area contributed by atoms with E-state index >= 15 is 0 Å². The Morgan fingerprint density at radius 1 is 1.16 bits per heavy atom. The van der Waals surface area contributed by atoms with E-state index in [0.29, 0.717) is 11.6 Å². The van der Waals surface area contributed by atoms with Gasteiger partial charge in [0.2, 0.25) is 11.0 Å². The van der Waals surface area contributed by atoms with Crippen molar-refractivity contribution >= 4 is 40.1 Å². The predicted octanol–water partition coefficient (Wildman–Crippen LogP) is 4.57. The second kappa shape index (κ2) is 8.00. The summed E-state index contributed by atoms with van der Waals surface area (Å²) in [5.41, 5.74) is 1.28. The third kappa shape index (κ3) is 4.71. The Morgan fingerprint density at radius 2 is 1.96 bits per heavy atom. The third-order valence-corrected chi connectivity index (χ3v) is 4.46. The summed E-state index contributed by atoms with van der Waals surface area (Å²) in [5, 5.41) is 12.0. The summed E-state index contributed by atoms with van der Waals surface area (Å²) in [7, 11) is 0. The zero-order valence-corrected chi connectivity index (χ0v) is 14.5. The van der Waals surface area contributed by atoms with Crippen LogP contribution in [0.2, 0.25) is 5.02 Å². The molecule has 0 saturated carbocycles. The Balaban J connectivity index is 1.63. The van der Waals surface area contributed by atoms with Gasteiger partial charge >= 0.3 is 0 Å². The van der Waals surface area contributed by atoms with Crippen LogP contribution < -0.4 is 5.32 Å². The summed E-state index contributed by atoms with van der Waals surface area (Å²) in [5.74, 6) is -0.917. The molecular weight excluding hydrogens is 361 g/mol. The summed E-state index contributed by atoms with van der Waals surface area (Å²) in [6.45, 7) is 0. The van der Waals surface area contributed by atoms with Crippen molar-refractivity contribution in [1.29, 1.82) is 0 Å². The average Bonchev–Trinajstić information content (AvgIpc) is 3.02. The van der Waals surface area contributed by atoms with Crippen LogP contribution in [0.15, 0.2) is 54.6 Å². The quantitative estimate of drug-likeness (QED) is 0.666. The van der Waals surface area contributed by atoms with Crippen LogP contribution in [-0.4, -0.2) is 16.1 Å². The number of hydrogen-bond donors (Lipinski definition) is 1. The second-order valence-corrected chi connectivity index (χ2v) is 6.59. The number of aromatic nitrogens is 2. The van der Waals surface area contributed by atoms with Crippen LogP contribution in [0.3, 0.4) is 0 Å². The number of carbonyl (C=O) groups is 1. The van der Waals surface area contributed by atoms with E-state index in [0.717, 1.165) is 10.6 Å². The van der Waals surface area contributed by atoms with E-state index in [2.05, 4.69) is 15.5 Å². The summed E-state index contributed by atoms with van der Waals surface area (Å²) in [6.07, 6.45) is 3.19. The van der Waals surface area contributed by atoms with Crippen LogP contribution in [0.1, 0.15) is 16.1 Å². The van der Waals surface area contributed by atoms with Crippen molar-refractivity contribution in [2.45, 2.75) is 6.42 Å². The SMILES string of the molecule is O=C(/C=C/c1c(F)cccc1Cl)Nc1nnc(Cc2ccccc2)s1. The number of halogens is 2. The number of amides is 1. The van der Waals surface area contributed by atoms with E-state index in [4.69, 9.17) is 11.6 Å². The van der Waals surface area contributed by atoms with Gasteiger partial charge in [0.1, 0.15) is 10.8 Å². The summed E-state index contributed by atoms with van der Waals surface area (Å²) < 4.78 is 13.7. The van der Waals surface area contributed by atoms with Crippen LogP contribution in [0.4, 0.5) is 9.52 Å². The van der Waals surface area contributed by atoms with Gasteiger partial charge in [0.15, 0.2) is 0 Å². The van der Waals surface area contributed by atoms with E-state index in [1.165, 1.54) is 35.6 Å². The van der Waals surface area contributed by atoms with Crippen molar-refractivity contribution < 1.29 is 9.18 Å². The molecule has 0 fully saturated rings. The highest BCUT2D eigenvalue weighted by atomic mass is 35.5. The minimum atomic E-state index is -0.488. The van der Waals surface area contributed by atoms with E-state index in [-0.39, 0.29) is 10.6 Å². The molecule has 0 unspecified atom stereocenters. The molecule has 4 nitrogen and oxygen atoms in total. The number of nitrogens with zero attached hydrogens (tertiary/aromatic N) is 2. The number of hydrogen-bond acceptors (Lipinski definition) is 4. The highest BCUT2D eigenvalue weighted by Crippen LogP contribution is 2.21. The molecule has 25 heavy (non-hydrogen) atoms. The van der Waals surface area contributed by atoms with E-state index in [1.807, 2.05) is 30.3 Å². The van der Waals surface area contributed by atoms with Gasteiger partial charge in [0.05, 0.1) is 5.02 Å². The van der Waals surface area contributed by atoms with Crippen LogP contribution in [0.25, 0.3) is 6.08 Å². The van der Waals surface area contributed by atoms with Gasteiger partial charge < -0.3 is 0 Å². The first-order chi connectivity index (χ1) is 12.1. The summed E-state index contributed by atoms with van der Waals surface area (Å²) in [6, 6.07) is 14.2. The lowest BCUT2D eigenvalue weighted by Gasteiger charge is -1.99. The van der Waals surface area contributed by atoms with Gasteiger partial charge in [0, 0.05) is 18.1 Å².